The number of amides is 3. The highest BCUT2D eigenvalue weighted by Gasteiger charge is 2.47. The van der Waals surface area contributed by atoms with E-state index in [0.29, 0.717) is 6.42 Å². The fourth-order valence-electron chi connectivity index (χ4n) is 7.80. The first kappa shape index (κ1) is 39.4. The van der Waals surface area contributed by atoms with Gasteiger partial charge in [0.1, 0.15) is 6.10 Å². The summed E-state index contributed by atoms with van der Waals surface area (Å²) in [5.74, 6) is -4.92. The fourth-order valence-corrected chi connectivity index (χ4v) is 7.80. The van der Waals surface area contributed by atoms with Crippen LogP contribution >= 0.6 is 0 Å². The van der Waals surface area contributed by atoms with E-state index >= 15 is 0 Å². The average molecular weight is 678 g/mol. The van der Waals surface area contributed by atoms with Crippen molar-refractivity contribution in [3.63, 3.8) is 0 Å². The Morgan fingerprint density at radius 2 is 0.894 bits per heavy atom. The minimum absolute atomic E-state index is 0.0217. The lowest BCUT2D eigenvalue weighted by atomic mass is 9.70. The molecule has 11 N–H and O–H groups in total. The molecule has 16 heteroatoms. The Morgan fingerprint density at radius 1 is 0.511 bits per heavy atom. The van der Waals surface area contributed by atoms with Gasteiger partial charge in [-0.2, -0.15) is 0 Å². The molecule has 272 valence electrons. The molecule has 0 aliphatic heterocycles. The summed E-state index contributed by atoms with van der Waals surface area (Å²) in [7, 11) is 0. The summed E-state index contributed by atoms with van der Waals surface area (Å²) in [6.07, 6.45) is -5.20. The van der Waals surface area contributed by atoms with Crippen molar-refractivity contribution in [2.24, 2.45) is 41.4 Å². The first-order chi connectivity index (χ1) is 22.2. The minimum atomic E-state index is -1.32. The van der Waals surface area contributed by atoms with E-state index in [1.54, 1.807) is 0 Å². The zero-order valence-electron chi connectivity index (χ0n) is 27.4. The van der Waals surface area contributed by atoms with Crippen LogP contribution < -0.4 is 16.0 Å². The van der Waals surface area contributed by atoms with Gasteiger partial charge in [-0.1, -0.05) is 0 Å². The number of carbonyl (C=O) groups excluding carboxylic acids is 3. The van der Waals surface area contributed by atoms with Gasteiger partial charge >= 0.3 is 0 Å². The van der Waals surface area contributed by atoms with E-state index < -0.39 is 102 Å². The maximum atomic E-state index is 12.2. The van der Waals surface area contributed by atoms with Crippen LogP contribution in [-0.4, -0.2) is 153 Å². The lowest BCUT2D eigenvalue weighted by molar-refractivity contribution is -0.137. The van der Waals surface area contributed by atoms with Crippen LogP contribution in [0.1, 0.15) is 40.0 Å². The molecular formula is C31H55N3O13. The third-order valence-electron chi connectivity index (χ3n) is 10.3. The van der Waals surface area contributed by atoms with E-state index in [9.17, 15) is 55.2 Å². The van der Waals surface area contributed by atoms with Crippen molar-refractivity contribution >= 4 is 17.7 Å². The monoisotopic (exact) mass is 677 g/mol. The minimum Gasteiger partial charge on any atom is -0.396 e. The van der Waals surface area contributed by atoms with E-state index in [0.717, 1.165) is 0 Å². The van der Waals surface area contributed by atoms with Crippen molar-refractivity contribution in [2.45, 2.75) is 88.7 Å². The smallest absolute Gasteiger partial charge is 0.217 e. The van der Waals surface area contributed by atoms with Crippen molar-refractivity contribution in [3.05, 3.63) is 0 Å². The number of ether oxygens (including phenoxy) is 2. The molecule has 3 saturated carbocycles. The molecule has 47 heavy (non-hydrogen) atoms. The van der Waals surface area contributed by atoms with Gasteiger partial charge in [-0.05, 0) is 31.1 Å². The van der Waals surface area contributed by atoms with Crippen molar-refractivity contribution in [1.29, 1.82) is 0 Å². The Morgan fingerprint density at radius 3 is 1.34 bits per heavy atom. The van der Waals surface area contributed by atoms with Crippen LogP contribution in [0.5, 0.6) is 0 Å². The molecule has 0 radical (unpaired) electrons. The number of hydrogen-bond donors (Lipinski definition) is 11. The highest BCUT2D eigenvalue weighted by molar-refractivity contribution is 5.74. The first-order valence-corrected chi connectivity index (χ1v) is 16.4. The van der Waals surface area contributed by atoms with Crippen LogP contribution in [0.2, 0.25) is 0 Å². The van der Waals surface area contributed by atoms with Gasteiger partial charge in [0.25, 0.3) is 0 Å². The van der Waals surface area contributed by atoms with Crippen LogP contribution in [0.15, 0.2) is 0 Å². The van der Waals surface area contributed by atoms with Gasteiger partial charge in [0, 0.05) is 70.2 Å². The Bertz CT molecular complexity index is 1020. The van der Waals surface area contributed by atoms with E-state index in [-0.39, 0.29) is 65.0 Å². The second-order valence-corrected chi connectivity index (χ2v) is 13.7. The number of carbonyl (C=O) groups is 3. The van der Waals surface area contributed by atoms with Gasteiger partial charge in [-0.15, -0.1) is 0 Å². The third kappa shape index (κ3) is 10.0. The summed E-state index contributed by atoms with van der Waals surface area (Å²) < 4.78 is 12.0. The van der Waals surface area contributed by atoms with Gasteiger partial charge in [-0.3, -0.25) is 14.4 Å². The van der Waals surface area contributed by atoms with Crippen LogP contribution in [-0.2, 0) is 23.9 Å². The Hall–Kier alpha value is -1.99. The van der Waals surface area contributed by atoms with Crippen LogP contribution in [0.4, 0.5) is 0 Å². The Kier molecular flexibility index (Phi) is 15.2. The maximum absolute atomic E-state index is 12.2. The maximum Gasteiger partial charge on any atom is 0.217 e. The second kappa shape index (κ2) is 18.1. The summed E-state index contributed by atoms with van der Waals surface area (Å²) in [5, 5.41) is 91.7. The molecule has 0 heterocycles. The SMILES string of the molecule is CC(=O)NC1C(O)[C@@H](O)C(CO)C[C@H]1COC[C@H]1C(CO)C[C@@H](COC[C@H]2C(CO)C[C@@H](O)C(NC(C)=O)C2O)C(NC(C)=O)C1O. The lowest BCUT2D eigenvalue weighted by Crippen LogP contribution is -2.60. The fraction of sp³-hybridized carbons (Fsp3) is 0.903. The molecule has 0 spiro atoms. The standard InChI is InChI=1S/C31H55N3O13/c1-14(38)32-25-20(10-46-13-23-18(8-36)6-24(41)27(30(23)44)34-16(3)40)4-17(7-35)22(29(25)43)12-47-11-21-5-19(9-37)28(42)31(45)26(21)33-15(2)39/h17-31,35-37,41-45H,4-13H2,1-3H3,(H,32,38)(H,33,39)(H,34,40)/t17?,18?,19?,20-,21-,22-,23-,24+,25?,26?,27?,28-,29?,30?,31?/m0/s1. The molecule has 0 bridgehead atoms. The number of hydrogen-bond acceptors (Lipinski definition) is 13. The van der Waals surface area contributed by atoms with Crippen LogP contribution in [0.25, 0.3) is 0 Å². The average Bonchev–Trinajstić information content (AvgIpc) is 3.01. The predicted molar refractivity (Wildman–Crippen MR) is 164 cm³/mol. The molecule has 3 fully saturated rings. The molecule has 9 unspecified atom stereocenters. The van der Waals surface area contributed by atoms with Gasteiger partial charge < -0.3 is 66.3 Å². The summed E-state index contributed by atoms with van der Waals surface area (Å²) >= 11 is 0. The van der Waals surface area contributed by atoms with Gasteiger partial charge in [0.05, 0.1) is 69.0 Å². The summed E-state index contributed by atoms with van der Waals surface area (Å²) in [6, 6.07) is -2.54. The highest BCUT2D eigenvalue weighted by Crippen LogP contribution is 2.37. The van der Waals surface area contributed by atoms with Gasteiger partial charge in [-0.25, -0.2) is 0 Å². The summed E-state index contributed by atoms with van der Waals surface area (Å²) in [5.41, 5.74) is 0. The topological polar surface area (TPSA) is 268 Å². The van der Waals surface area contributed by atoms with Gasteiger partial charge in [0.2, 0.25) is 17.7 Å². The molecule has 16 nitrogen and oxygen atoms in total. The van der Waals surface area contributed by atoms with E-state index in [4.69, 9.17) is 9.47 Å². The molecule has 0 aromatic heterocycles. The third-order valence-corrected chi connectivity index (χ3v) is 10.3. The van der Waals surface area contributed by atoms with Gasteiger partial charge in [0.15, 0.2) is 0 Å². The number of rotatable bonds is 14. The molecule has 15 atom stereocenters. The van der Waals surface area contributed by atoms with E-state index in [1.807, 2.05) is 0 Å². The molecule has 3 rings (SSSR count). The Labute approximate surface area is 274 Å². The largest absolute Gasteiger partial charge is 0.396 e. The second-order valence-electron chi connectivity index (χ2n) is 13.7. The molecule has 0 aromatic rings. The summed E-state index contributed by atoms with van der Waals surface area (Å²) in [6.45, 7) is 2.90. The van der Waals surface area contributed by atoms with Crippen molar-refractivity contribution in [3.8, 4) is 0 Å². The van der Waals surface area contributed by atoms with Crippen molar-refractivity contribution in [1.82, 2.24) is 16.0 Å². The lowest BCUT2D eigenvalue weighted by Gasteiger charge is -2.46. The molecule has 3 aliphatic carbocycles. The molecular weight excluding hydrogens is 622 g/mol. The molecule has 3 aliphatic rings. The van der Waals surface area contributed by atoms with Crippen molar-refractivity contribution in [2.75, 3.05) is 46.2 Å². The quantitative estimate of drug-likeness (QED) is 0.0835. The Balaban J connectivity index is 1.66. The van der Waals surface area contributed by atoms with E-state index in [2.05, 4.69) is 16.0 Å². The zero-order chi connectivity index (χ0) is 35.0. The highest BCUT2D eigenvalue weighted by atomic mass is 16.5. The molecule has 0 saturated heterocycles. The van der Waals surface area contributed by atoms with Crippen LogP contribution in [0, 0.1) is 41.4 Å². The normalized spacial score (nSPS) is 40.8. The van der Waals surface area contributed by atoms with Crippen LogP contribution in [0.3, 0.4) is 0 Å². The number of aliphatic hydroxyl groups is 8. The molecule has 0 aromatic carbocycles. The van der Waals surface area contributed by atoms with Crippen molar-refractivity contribution < 1.29 is 64.7 Å². The zero-order valence-corrected chi connectivity index (χ0v) is 27.4. The van der Waals surface area contributed by atoms with E-state index in [1.165, 1.54) is 20.8 Å². The first-order valence-electron chi connectivity index (χ1n) is 16.4. The number of aliphatic hydroxyl groups excluding tert-OH is 8. The molecule has 3 amide bonds. The predicted octanol–water partition coefficient (Wildman–Crippen LogP) is -4.16. The number of nitrogens with one attached hydrogen (secondary N) is 3. The summed E-state index contributed by atoms with van der Waals surface area (Å²) in [4.78, 5) is 35.6.